The van der Waals surface area contributed by atoms with Crippen molar-refractivity contribution >= 4 is 5.91 Å². The number of nitrogens with one attached hydrogen (secondary N) is 2. The molecule has 5 nitrogen and oxygen atoms in total. The fourth-order valence-electron chi connectivity index (χ4n) is 2.37. The molecule has 0 spiro atoms. The summed E-state index contributed by atoms with van der Waals surface area (Å²) in [6, 6.07) is 0.403. The Balaban J connectivity index is 1.86. The molecular formula is C13H22N4O. The molecule has 2 N–H and O–H groups in total. The van der Waals surface area contributed by atoms with Crippen molar-refractivity contribution in [3.8, 4) is 0 Å². The van der Waals surface area contributed by atoms with Gasteiger partial charge in [-0.05, 0) is 33.1 Å². The topological polar surface area (TPSA) is 59.0 Å². The van der Waals surface area contributed by atoms with E-state index in [0.29, 0.717) is 12.6 Å². The quantitative estimate of drug-likeness (QED) is 0.837. The smallest absolute Gasteiger partial charge is 0.237 e. The molecular weight excluding hydrogens is 228 g/mol. The van der Waals surface area contributed by atoms with E-state index in [4.69, 9.17) is 0 Å². The second-order valence-corrected chi connectivity index (χ2v) is 5.15. The summed E-state index contributed by atoms with van der Waals surface area (Å²) in [5.41, 5.74) is 2.18. The van der Waals surface area contributed by atoms with Gasteiger partial charge in [-0.1, -0.05) is 0 Å². The Hall–Kier alpha value is -1.36. The van der Waals surface area contributed by atoms with Gasteiger partial charge >= 0.3 is 0 Å². The van der Waals surface area contributed by atoms with Gasteiger partial charge in [-0.3, -0.25) is 9.48 Å². The lowest BCUT2D eigenvalue weighted by Crippen LogP contribution is -2.49. The molecule has 1 amide bonds. The average Bonchev–Trinajstić information content (AvgIpc) is 2.67. The summed E-state index contributed by atoms with van der Waals surface area (Å²) in [5.74, 6) is 0.102. The molecule has 1 fully saturated rings. The van der Waals surface area contributed by atoms with Gasteiger partial charge in [0.15, 0.2) is 0 Å². The molecule has 18 heavy (non-hydrogen) atoms. The maximum absolute atomic E-state index is 12.0. The normalized spacial score (nSPS) is 23.9. The molecule has 0 bridgehead atoms. The summed E-state index contributed by atoms with van der Waals surface area (Å²) < 4.78 is 1.82. The molecule has 0 radical (unpaired) electrons. The number of piperidine rings is 1. The van der Waals surface area contributed by atoms with E-state index in [1.165, 1.54) is 0 Å². The van der Waals surface area contributed by atoms with Crippen LogP contribution in [0.15, 0.2) is 6.20 Å². The molecule has 0 aliphatic carbocycles. The van der Waals surface area contributed by atoms with Crippen molar-refractivity contribution in [2.45, 2.75) is 51.7 Å². The molecule has 1 saturated heterocycles. The number of carbonyl (C=O) groups excluding carboxylic acids is 1. The van der Waals surface area contributed by atoms with Crippen LogP contribution in [0.25, 0.3) is 0 Å². The Bertz CT molecular complexity index is 427. The Kier molecular flexibility index (Phi) is 4.01. The second kappa shape index (κ2) is 5.52. The molecule has 1 aromatic rings. The maximum Gasteiger partial charge on any atom is 0.237 e. The molecule has 5 heteroatoms. The van der Waals surface area contributed by atoms with Gasteiger partial charge < -0.3 is 10.6 Å². The van der Waals surface area contributed by atoms with Gasteiger partial charge in [0.1, 0.15) is 0 Å². The van der Waals surface area contributed by atoms with Crippen LogP contribution in [-0.2, 0) is 18.4 Å². The third-order valence-electron chi connectivity index (χ3n) is 3.72. The highest BCUT2D eigenvalue weighted by Gasteiger charge is 2.23. The summed E-state index contributed by atoms with van der Waals surface area (Å²) >= 11 is 0. The number of aromatic nitrogens is 2. The summed E-state index contributed by atoms with van der Waals surface area (Å²) in [6.07, 6.45) is 5.03. The Morgan fingerprint density at radius 1 is 1.61 bits per heavy atom. The van der Waals surface area contributed by atoms with Gasteiger partial charge in [-0.2, -0.15) is 5.10 Å². The van der Waals surface area contributed by atoms with Crippen molar-refractivity contribution in [3.63, 3.8) is 0 Å². The number of amides is 1. The Morgan fingerprint density at radius 2 is 2.39 bits per heavy atom. The maximum atomic E-state index is 12.0. The highest BCUT2D eigenvalue weighted by Crippen LogP contribution is 2.12. The van der Waals surface area contributed by atoms with E-state index < -0.39 is 0 Å². The van der Waals surface area contributed by atoms with E-state index >= 15 is 0 Å². The zero-order valence-electron chi connectivity index (χ0n) is 11.4. The zero-order chi connectivity index (χ0) is 13.1. The summed E-state index contributed by atoms with van der Waals surface area (Å²) in [4.78, 5) is 12.0. The van der Waals surface area contributed by atoms with E-state index in [1.807, 2.05) is 24.9 Å². The molecule has 2 heterocycles. The van der Waals surface area contributed by atoms with E-state index in [9.17, 15) is 4.79 Å². The molecule has 2 rings (SSSR count). The van der Waals surface area contributed by atoms with Crippen molar-refractivity contribution in [2.75, 3.05) is 0 Å². The largest absolute Gasteiger partial charge is 0.351 e. The van der Waals surface area contributed by atoms with Gasteiger partial charge in [0.25, 0.3) is 0 Å². The number of nitrogens with zero attached hydrogens (tertiary/aromatic N) is 2. The third-order valence-corrected chi connectivity index (χ3v) is 3.72. The van der Waals surface area contributed by atoms with Crippen molar-refractivity contribution in [1.82, 2.24) is 20.4 Å². The van der Waals surface area contributed by atoms with Crippen LogP contribution in [0.4, 0.5) is 0 Å². The average molecular weight is 250 g/mol. The minimum Gasteiger partial charge on any atom is -0.351 e. The fourth-order valence-corrected chi connectivity index (χ4v) is 2.37. The monoisotopic (exact) mass is 250 g/mol. The first kappa shape index (κ1) is 13.1. The van der Waals surface area contributed by atoms with Gasteiger partial charge in [0.05, 0.1) is 12.2 Å². The lowest BCUT2D eigenvalue weighted by atomic mass is 9.99. The number of hydrogen-bond acceptors (Lipinski definition) is 3. The molecule has 1 aromatic heterocycles. The van der Waals surface area contributed by atoms with E-state index in [1.54, 1.807) is 0 Å². The van der Waals surface area contributed by atoms with Crippen LogP contribution >= 0.6 is 0 Å². The fraction of sp³-hybridized carbons (Fsp3) is 0.692. The summed E-state index contributed by atoms with van der Waals surface area (Å²) in [5, 5.41) is 10.5. The summed E-state index contributed by atoms with van der Waals surface area (Å²) in [6.45, 7) is 4.70. The molecule has 1 aliphatic heterocycles. The van der Waals surface area contributed by atoms with Crippen LogP contribution in [0.2, 0.25) is 0 Å². The third kappa shape index (κ3) is 2.90. The van der Waals surface area contributed by atoms with Crippen LogP contribution in [0, 0.1) is 6.92 Å². The van der Waals surface area contributed by atoms with E-state index in [2.05, 4.69) is 22.7 Å². The van der Waals surface area contributed by atoms with Crippen LogP contribution in [0.1, 0.15) is 37.4 Å². The Morgan fingerprint density at radius 3 is 3.00 bits per heavy atom. The molecule has 0 saturated carbocycles. The first-order chi connectivity index (χ1) is 8.58. The summed E-state index contributed by atoms with van der Waals surface area (Å²) in [7, 11) is 1.91. The van der Waals surface area contributed by atoms with Crippen LogP contribution in [0.5, 0.6) is 0 Å². The second-order valence-electron chi connectivity index (χ2n) is 5.15. The molecule has 0 aromatic carbocycles. The molecule has 1 aliphatic rings. The number of hydrogen-bond donors (Lipinski definition) is 2. The Labute approximate surface area is 108 Å². The standard InChI is InChI=1S/C13H22N4O/c1-9-5-4-6-12(16-9)13(18)14-7-11-8-15-17(3)10(11)2/h8-9,12,16H,4-7H2,1-3H3,(H,14,18). The predicted octanol–water partition coefficient (Wildman–Crippen LogP) is 0.875. The highest BCUT2D eigenvalue weighted by molar-refractivity contribution is 5.81. The lowest BCUT2D eigenvalue weighted by Gasteiger charge is -2.27. The van der Waals surface area contributed by atoms with Crippen LogP contribution in [0.3, 0.4) is 0 Å². The van der Waals surface area contributed by atoms with Crippen LogP contribution in [-0.4, -0.2) is 27.8 Å². The van der Waals surface area contributed by atoms with Crippen molar-refractivity contribution < 1.29 is 4.79 Å². The minimum atomic E-state index is -0.0364. The van der Waals surface area contributed by atoms with E-state index in [-0.39, 0.29) is 11.9 Å². The molecule has 2 atom stereocenters. The van der Waals surface area contributed by atoms with Crippen LogP contribution < -0.4 is 10.6 Å². The van der Waals surface area contributed by atoms with Crippen molar-refractivity contribution in [3.05, 3.63) is 17.5 Å². The first-order valence-corrected chi connectivity index (χ1v) is 6.59. The van der Waals surface area contributed by atoms with Crippen molar-refractivity contribution in [2.24, 2.45) is 7.05 Å². The predicted molar refractivity (Wildman–Crippen MR) is 70.0 cm³/mol. The SMILES string of the molecule is Cc1c(CNC(=O)C2CCCC(C)N2)cnn1C. The lowest BCUT2D eigenvalue weighted by molar-refractivity contribution is -0.124. The van der Waals surface area contributed by atoms with Crippen molar-refractivity contribution in [1.29, 1.82) is 0 Å². The number of rotatable bonds is 3. The highest BCUT2D eigenvalue weighted by atomic mass is 16.2. The number of aryl methyl sites for hydroxylation is 1. The molecule has 2 unspecified atom stereocenters. The number of carbonyl (C=O) groups is 1. The minimum absolute atomic E-state index is 0.0364. The van der Waals surface area contributed by atoms with Gasteiger partial charge in [-0.25, -0.2) is 0 Å². The van der Waals surface area contributed by atoms with Gasteiger partial charge in [0.2, 0.25) is 5.91 Å². The first-order valence-electron chi connectivity index (χ1n) is 6.59. The van der Waals surface area contributed by atoms with Gasteiger partial charge in [-0.15, -0.1) is 0 Å². The molecule has 100 valence electrons. The van der Waals surface area contributed by atoms with E-state index in [0.717, 1.165) is 30.5 Å². The van der Waals surface area contributed by atoms with Gasteiger partial charge in [0, 0.05) is 30.9 Å². The zero-order valence-corrected chi connectivity index (χ0v) is 11.4.